The van der Waals surface area contributed by atoms with Gasteiger partial charge in [-0.1, -0.05) is 44.2 Å². The fourth-order valence-electron chi connectivity index (χ4n) is 3.96. The van der Waals surface area contributed by atoms with Crippen LogP contribution in [-0.4, -0.2) is 47.8 Å². The Morgan fingerprint density at radius 3 is 2.33 bits per heavy atom. The van der Waals surface area contributed by atoms with Crippen LogP contribution in [0.1, 0.15) is 44.3 Å². The van der Waals surface area contributed by atoms with Gasteiger partial charge in [0.1, 0.15) is 23.6 Å². The van der Waals surface area contributed by atoms with Crippen LogP contribution in [0.5, 0.6) is 0 Å². The number of furan rings is 1. The molecular formula is C25H34N4O4. The average Bonchev–Trinajstić information content (AvgIpc) is 3.25. The zero-order valence-corrected chi connectivity index (χ0v) is 19.8. The predicted octanol–water partition coefficient (Wildman–Crippen LogP) is 1.99. The first-order chi connectivity index (χ1) is 15.7. The summed E-state index contributed by atoms with van der Waals surface area (Å²) in [6.07, 6.45) is 0.976. The number of carbonyl (C=O) groups is 3. The van der Waals surface area contributed by atoms with E-state index in [1.165, 1.54) is 4.90 Å². The van der Waals surface area contributed by atoms with Crippen molar-refractivity contribution >= 4 is 17.7 Å². The highest BCUT2D eigenvalue weighted by molar-refractivity contribution is 5.92. The number of hydrogen-bond acceptors (Lipinski definition) is 5. The largest absolute Gasteiger partial charge is 0.463 e. The van der Waals surface area contributed by atoms with Gasteiger partial charge in [0.05, 0.1) is 19.1 Å². The van der Waals surface area contributed by atoms with Gasteiger partial charge >= 0.3 is 0 Å². The lowest BCUT2D eigenvalue weighted by atomic mass is 10.0. The van der Waals surface area contributed by atoms with Crippen LogP contribution in [-0.2, 0) is 33.9 Å². The Kier molecular flexibility index (Phi) is 8.27. The molecule has 3 N–H and O–H groups in total. The molecule has 1 aliphatic rings. The maximum absolute atomic E-state index is 13.2. The molecule has 1 aromatic heterocycles. The third-order valence-corrected chi connectivity index (χ3v) is 5.82. The molecule has 3 amide bonds. The summed E-state index contributed by atoms with van der Waals surface area (Å²) >= 11 is 0. The van der Waals surface area contributed by atoms with Crippen LogP contribution in [0.2, 0.25) is 0 Å². The van der Waals surface area contributed by atoms with E-state index in [0.29, 0.717) is 30.9 Å². The number of nitrogens with one attached hydrogen (secondary N) is 3. The van der Waals surface area contributed by atoms with Crippen LogP contribution >= 0.6 is 0 Å². The number of hydrogen-bond donors (Lipinski definition) is 3. The zero-order chi connectivity index (χ0) is 24.0. The van der Waals surface area contributed by atoms with Gasteiger partial charge in [0.15, 0.2) is 0 Å². The van der Waals surface area contributed by atoms with Crippen molar-refractivity contribution < 1.29 is 18.8 Å². The van der Waals surface area contributed by atoms with Gasteiger partial charge in [-0.25, -0.2) is 0 Å². The molecule has 0 fully saturated rings. The lowest BCUT2D eigenvalue weighted by Crippen LogP contribution is -2.56. The van der Waals surface area contributed by atoms with E-state index in [9.17, 15) is 14.4 Å². The van der Waals surface area contributed by atoms with E-state index in [4.69, 9.17) is 4.42 Å². The summed E-state index contributed by atoms with van der Waals surface area (Å²) < 4.78 is 5.84. The van der Waals surface area contributed by atoms with Crippen LogP contribution < -0.4 is 16.0 Å². The molecule has 0 saturated carbocycles. The van der Waals surface area contributed by atoms with E-state index < -0.39 is 18.1 Å². The van der Waals surface area contributed by atoms with Gasteiger partial charge in [-0.15, -0.1) is 0 Å². The molecule has 178 valence electrons. The Morgan fingerprint density at radius 1 is 1.00 bits per heavy atom. The van der Waals surface area contributed by atoms with Gasteiger partial charge in [-0.05, 0) is 43.4 Å². The molecule has 8 heteroatoms. The van der Waals surface area contributed by atoms with Gasteiger partial charge in [0.2, 0.25) is 17.7 Å². The summed E-state index contributed by atoms with van der Waals surface area (Å²) in [5.41, 5.74) is 1.01. The second-order valence-corrected chi connectivity index (χ2v) is 9.03. The highest BCUT2D eigenvalue weighted by atomic mass is 16.3. The lowest BCUT2D eigenvalue weighted by Gasteiger charge is -2.31. The standard InChI is InChI=1S/C25H34N4O4/c1-16(2)12-22-24(31)27-15-20-11-10-19(33-20)14-26-21(13-18-8-6-5-7-9-18)23(30)28-17(3)25(32)29(22)4/h5-11,16-17,21-22,26H,12-15H2,1-4H3,(H,27,31)(H,28,30)/t17-,21-,22-/m0/s1. The molecule has 0 radical (unpaired) electrons. The SMILES string of the molecule is CC(C)C[C@H]1C(=O)NCc2ccc(o2)CN[C@@H](Cc2ccccc2)C(=O)N[C@@H](C)C(=O)N1C. The van der Waals surface area contributed by atoms with Crippen LogP contribution in [0.25, 0.3) is 0 Å². The Labute approximate surface area is 195 Å². The molecule has 33 heavy (non-hydrogen) atoms. The van der Waals surface area contributed by atoms with Crippen LogP contribution in [0.15, 0.2) is 46.9 Å². The van der Waals surface area contributed by atoms with E-state index in [0.717, 1.165) is 5.56 Å². The quantitative estimate of drug-likeness (QED) is 0.656. The maximum atomic E-state index is 13.2. The molecule has 8 nitrogen and oxygen atoms in total. The van der Waals surface area contributed by atoms with Gasteiger partial charge in [0.25, 0.3) is 0 Å². The minimum Gasteiger partial charge on any atom is -0.463 e. The zero-order valence-electron chi connectivity index (χ0n) is 19.8. The number of rotatable bonds is 4. The summed E-state index contributed by atoms with van der Waals surface area (Å²) in [7, 11) is 1.61. The van der Waals surface area contributed by atoms with Gasteiger partial charge in [-0.3, -0.25) is 19.7 Å². The molecule has 2 aromatic rings. The lowest BCUT2D eigenvalue weighted by molar-refractivity contribution is -0.142. The topological polar surface area (TPSA) is 104 Å². The Morgan fingerprint density at radius 2 is 1.67 bits per heavy atom. The van der Waals surface area contributed by atoms with Crippen molar-refractivity contribution in [3.05, 3.63) is 59.5 Å². The highest BCUT2D eigenvalue weighted by Crippen LogP contribution is 2.14. The minimum absolute atomic E-state index is 0.206. The monoisotopic (exact) mass is 454 g/mol. The smallest absolute Gasteiger partial charge is 0.245 e. The van der Waals surface area contributed by atoms with Crippen LogP contribution in [0.4, 0.5) is 0 Å². The maximum Gasteiger partial charge on any atom is 0.245 e. The fraction of sp³-hybridized carbons (Fsp3) is 0.480. The first-order valence-electron chi connectivity index (χ1n) is 11.4. The number of carbonyl (C=O) groups excluding carboxylic acids is 3. The van der Waals surface area contributed by atoms with Crippen molar-refractivity contribution in [2.45, 2.75) is 64.8 Å². The van der Waals surface area contributed by atoms with E-state index in [1.54, 1.807) is 14.0 Å². The molecule has 3 atom stereocenters. The third kappa shape index (κ3) is 6.68. The second-order valence-electron chi connectivity index (χ2n) is 9.03. The van der Waals surface area contributed by atoms with Crippen molar-refractivity contribution in [1.29, 1.82) is 0 Å². The highest BCUT2D eigenvalue weighted by Gasteiger charge is 2.32. The van der Waals surface area contributed by atoms with Gasteiger partial charge in [0, 0.05) is 7.05 Å². The summed E-state index contributed by atoms with van der Waals surface area (Å²) in [5, 5.41) is 8.97. The van der Waals surface area contributed by atoms with E-state index in [-0.39, 0.29) is 30.2 Å². The summed E-state index contributed by atoms with van der Waals surface area (Å²) in [4.78, 5) is 40.7. The normalized spacial score (nSPS) is 23.0. The fourth-order valence-corrected chi connectivity index (χ4v) is 3.96. The molecule has 1 aromatic carbocycles. The van der Waals surface area contributed by atoms with E-state index in [1.807, 2.05) is 56.3 Å². The Bertz CT molecular complexity index is 956. The van der Waals surface area contributed by atoms with Crippen molar-refractivity contribution in [2.75, 3.05) is 7.05 Å². The molecule has 0 unspecified atom stereocenters. The molecular weight excluding hydrogens is 420 g/mol. The van der Waals surface area contributed by atoms with Gasteiger partial charge in [-0.2, -0.15) is 0 Å². The number of likely N-dealkylation sites (N-methyl/N-ethyl adjacent to an activating group) is 1. The van der Waals surface area contributed by atoms with Crippen molar-refractivity contribution in [1.82, 2.24) is 20.9 Å². The van der Waals surface area contributed by atoms with Crippen LogP contribution in [0.3, 0.4) is 0 Å². The Balaban J connectivity index is 1.87. The van der Waals surface area contributed by atoms with Crippen LogP contribution in [0, 0.1) is 5.92 Å². The number of fused-ring (bicyclic) bond motifs is 2. The molecule has 0 saturated heterocycles. The molecule has 3 rings (SSSR count). The van der Waals surface area contributed by atoms with Crippen molar-refractivity contribution in [3.63, 3.8) is 0 Å². The van der Waals surface area contributed by atoms with Crippen molar-refractivity contribution in [2.24, 2.45) is 5.92 Å². The summed E-state index contributed by atoms with van der Waals surface area (Å²) in [5.74, 6) is 0.658. The summed E-state index contributed by atoms with van der Waals surface area (Å²) in [6.45, 7) is 6.24. The summed E-state index contributed by atoms with van der Waals surface area (Å²) in [6, 6.07) is 11.4. The molecule has 0 spiro atoms. The molecule has 2 bridgehead atoms. The van der Waals surface area contributed by atoms with Gasteiger partial charge < -0.3 is 20.0 Å². The first kappa shape index (κ1) is 24.5. The predicted molar refractivity (Wildman–Crippen MR) is 125 cm³/mol. The number of benzene rings is 1. The third-order valence-electron chi connectivity index (χ3n) is 5.82. The van der Waals surface area contributed by atoms with E-state index in [2.05, 4.69) is 16.0 Å². The first-order valence-corrected chi connectivity index (χ1v) is 11.4. The Hall–Kier alpha value is -3.13. The average molecular weight is 455 g/mol. The molecule has 1 aliphatic heterocycles. The number of nitrogens with zero attached hydrogens (tertiary/aromatic N) is 1. The minimum atomic E-state index is -0.773. The second kappa shape index (κ2) is 11.1. The van der Waals surface area contributed by atoms with Crippen molar-refractivity contribution in [3.8, 4) is 0 Å². The number of amides is 3. The molecule has 2 heterocycles. The van der Waals surface area contributed by atoms with E-state index >= 15 is 0 Å². The molecule has 0 aliphatic carbocycles.